The molecule has 1 heterocycles. The van der Waals surface area contributed by atoms with Gasteiger partial charge in [0.1, 0.15) is 0 Å². The molecule has 3 rings (SSSR count). The molecule has 0 bridgehead atoms. The number of hydrogen-bond acceptors (Lipinski definition) is 2. The number of benzene rings is 2. The minimum Gasteiger partial charge on any atom is -0.277 e. The molecule has 0 atom stereocenters. The second-order valence-corrected chi connectivity index (χ2v) is 5.26. The van der Waals surface area contributed by atoms with Crippen molar-refractivity contribution in [3.8, 4) is 0 Å². The van der Waals surface area contributed by atoms with E-state index < -0.39 is 0 Å². The first kappa shape index (κ1) is 13.6. The molecule has 4 heteroatoms. The number of imide groups is 1. The number of fused-ring (bicyclic) bond motifs is 1. The van der Waals surface area contributed by atoms with Crippen LogP contribution >= 0.6 is 11.6 Å². The molecule has 104 valence electrons. The van der Waals surface area contributed by atoms with Gasteiger partial charge in [0, 0.05) is 23.2 Å². The van der Waals surface area contributed by atoms with Crippen molar-refractivity contribution in [2.75, 3.05) is 7.05 Å². The number of amides is 2. The maximum atomic E-state index is 12.4. The quantitative estimate of drug-likeness (QED) is 0.597. The lowest BCUT2D eigenvalue weighted by Gasteiger charge is -2.25. The Labute approximate surface area is 127 Å². The average Bonchev–Trinajstić information content (AvgIpc) is 2.51. The van der Waals surface area contributed by atoms with Crippen molar-refractivity contribution in [1.29, 1.82) is 0 Å². The van der Waals surface area contributed by atoms with E-state index >= 15 is 0 Å². The molecule has 1 aliphatic rings. The van der Waals surface area contributed by atoms with Crippen molar-refractivity contribution >= 4 is 35.1 Å². The third-order valence-corrected chi connectivity index (χ3v) is 3.72. The van der Waals surface area contributed by atoms with Gasteiger partial charge in [-0.1, -0.05) is 41.9 Å². The third-order valence-electron chi connectivity index (χ3n) is 3.47. The third kappa shape index (κ3) is 2.36. The first-order chi connectivity index (χ1) is 10.1. The summed E-state index contributed by atoms with van der Waals surface area (Å²) in [6.45, 7) is 0. The molecule has 0 aliphatic carbocycles. The lowest BCUT2D eigenvalue weighted by Crippen LogP contribution is -2.38. The summed E-state index contributed by atoms with van der Waals surface area (Å²) in [4.78, 5) is 25.7. The van der Waals surface area contributed by atoms with Gasteiger partial charge in [0.05, 0.1) is 0 Å². The fourth-order valence-corrected chi connectivity index (χ4v) is 2.46. The largest absolute Gasteiger partial charge is 0.277 e. The van der Waals surface area contributed by atoms with Crippen LogP contribution in [0.15, 0.2) is 48.5 Å². The fraction of sp³-hybridized carbons (Fsp3) is 0.0588. The number of nitrogens with zero attached hydrogens (tertiary/aromatic N) is 1. The molecule has 0 saturated carbocycles. The molecule has 1 aliphatic heterocycles. The summed E-state index contributed by atoms with van der Waals surface area (Å²) in [7, 11) is 1.50. The summed E-state index contributed by atoms with van der Waals surface area (Å²) in [5.74, 6) is -0.572. The van der Waals surface area contributed by atoms with E-state index in [1.807, 2.05) is 18.2 Å². The second-order valence-electron chi connectivity index (χ2n) is 4.82. The standard InChI is InChI=1S/C17H12ClNO2/c1-19-16(20)14-5-3-2-4-13(14)15(17(19)21)10-11-6-8-12(18)9-7-11/h2-10H,1H3/b15-10-. The van der Waals surface area contributed by atoms with Crippen molar-refractivity contribution in [3.05, 3.63) is 70.2 Å². The zero-order chi connectivity index (χ0) is 15.0. The summed E-state index contributed by atoms with van der Waals surface area (Å²) >= 11 is 5.87. The van der Waals surface area contributed by atoms with Crippen LogP contribution in [0.1, 0.15) is 21.5 Å². The van der Waals surface area contributed by atoms with E-state index in [9.17, 15) is 9.59 Å². The van der Waals surface area contributed by atoms with Gasteiger partial charge < -0.3 is 0 Å². The van der Waals surface area contributed by atoms with Crippen LogP contribution in [0, 0.1) is 0 Å². The van der Waals surface area contributed by atoms with E-state index in [1.54, 1.807) is 36.4 Å². The summed E-state index contributed by atoms with van der Waals surface area (Å²) < 4.78 is 0. The number of hydrogen-bond donors (Lipinski definition) is 0. The molecular weight excluding hydrogens is 286 g/mol. The maximum Gasteiger partial charge on any atom is 0.261 e. The van der Waals surface area contributed by atoms with E-state index in [2.05, 4.69) is 0 Å². The maximum absolute atomic E-state index is 12.4. The summed E-state index contributed by atoms with van der Waals surface area (Å²) in [5.41, 5.74) is 2.58. The van der Waals surface area contributed by atoms with Crippen molar-refractivity contribution in [3.63, 3.8) is 0 Å². The van der Waals surface area contributed by atoms with Crippen LogP contribution in [0.2, 0.25) is 5.02 Å². The lowest BCUT2D eigenvalue weighted by atomic mass is 9.92. The van der Waals surface area contributed by atoms with Crippen molar-refractivity contribution in [1.82, 2.24) is 4.90 Å². The average molecular weight is 298 g/mol. The van der Waals surface area contributed by atoms with Crippen LogP contribution in [0.5, 0.6) is 0 Å². The first-order valence-corrected chi connectivity index (χ1v) is 6.85. The smallest absolute Gasteiger partial charge is 0.261 e. The number of carbonyl (C=O) groups excluding carboxylic acids is 2. The van der Waals surface area contributed by atoms with Crippen molar-refractivity contribution in [2.24, 2.45) is 0 Å². The Balaban J connectivity index is 2.17. The predicted octanol–water partition coefficient (Wildman–Crippen LogP) is 3.49. The van der Waals surface area contributed by atoms with Gasteiger partial charge in [0.25, 0.3) is 11.8 Å². The Morgan fingerprint density at radius 2 is 1.52 bits per heavy atom. The number of likely N-dealkylation sites (N-methyl/N-ethyl adjacent to an activating group) is 1. The molecule has 0 saturated heterocycles. The van der Waals surface area contributed by atoms with Gasteiger partial charge in [-0.15, -0.1) is 0 Å². The van der Waals surface area contributed by atoms with Gasteiger partial charge in [-0.25, -0.2) is 0 Å². The molecule has 0 spiro atoms. The van der Waals surface area contributed by atoms with E-state index in [0.29, 0.717) is 21.7 Å². The summed E-state index contributed by atoms with van der Waals surface area (Å²) in [5, 5.41) is 0.639. The van der Waals surface area contributed by atoms with Crippen LogP contribution in [0.25, 0.3) is 11.6 Å². The Morgan fingerprint density at radius 3 is 2.19 bits per heavy atom. The highest BCUT2D eigenvalue weighted by Gasteiger charge is 2.31. The van der Waals surface area contributed by atoms with E-state index in [0.717, 1.165) is 10.5 Å². The lowest BCUT2D eigenvalue weighted by molar-refractivity contribution is -0.121. The van der Waals surface area contributed by atoms with Gasteiger partial charge in [-0.2, -0.15) is 0 Å². The molecule has 3 nitrogen and oxygen atoms in total. The second kappa shape index (κ2) is 5.19. The molecule has 0 unspecified atom stereocenters. The van der Waals surface area contributed by atoms with Crippen molar-refractivity contribution < 1.29 is 9.59 Å². The highest BCUT2D eigenvalue weighted by atomic mass is 35.5. The predicted molar refractivity (Wildman–Crippen MR) is 82.9 cm³/mol. The van der Waals surface area contributed by atoms with Gasteiger partial charge in [0.2, 0.25) is 0 Å². The van der Waals surface area contributed by atoms with Gasteiger partial charge in [-0.05, 0) is 35.4 Å². The number of halogens is 1. The monoisotopic (exact) mass is 297 g/mol. The summed E-state index contributed by atoms with van der Waals surface area (Å²) in [6, 6.07) is 14.3. The van der Waals surface area contributed by atoms with Crippen LogP contribution < -0.4 is 0 Å². The Kier molecular flexibility index (Phi) is 3.35. The minimum atomic E-state index is -0.298. The zero-order valence-corrected chi connectivity index (χ0v) is 12.1. The molecular formula is C17H12ClNO2. The van der Waals surface area contributed by atoms with Crippen molar-refractivity contribution in [2.45, 2.75) is 0 Å². The Morgan fingerprint density at radius 1 is 0.905 bits per heavy atom. The van der Waals surface area contributed by atoms with Crippen LogP contribution in [0.3, 0.4) is 0 Å². The summed E-state index contributed by atoms with van der Waals surface area (Å²) in [6.07, 6.45) is 1.78. The highest BCUT2D eigenvalue weighted by molar-refractivity contribution is 6.33. The number of rotatable bonds is 1. The highest BCUT2D eigenvalue weighted by Crippen LogP contribution is 2.29. The Bertz CT molecular complexity index is 763. The molecule has 0 aromatic heterocycles. The van der Waals surface area contributed by atoms with Crippen LogP contribution in [-0.2, 0) is 4.79 Å². The topological polar surface area (TPSA) is 37.4 Å². The SMILES string of the molecule is CN1C(=O)/C(=C\c2ccc(Cl)cc2)c2ccccc2C1=O. The normalized spacial score (nSPS) is 16.3. The fourth-order valence-electron chi connectivity index (χ4n) is 2.34. The molecule has 0 fully saturated rings. The van der Waals surface area contributed by atoms with Gasteiger partial charge in [0.15, 0.2) is 0 Å². The van der Waals surface area contributed by atoms with Gasteiger partial charge in [-0.3, -0.25) is 14.5 Å². The number of carbonyl (C=O) groups is 2. The molecule has 2 aromatic carbocycles. The first-order valence-electron chi connectivity index (χ1n) is 6.47. The molecule has 21 heavy (non-hydrogen) atoms. The molecule has 0 radical (unpaired) electrons. The van der Waals surface area contributed by atoms with E-state index in [4.69, 9.17) is 11.6 Å². The molecule has 0 N–H and O–H groups in total. The van der Waals surface area contributed by atoms with E-state index in [-0.39, 0.29) is 11.8 Å². The molecule has 2 aromatic rings. The minimum absolute atomic E-state index is 0.274. The molecule has 2 amide bonds. The zero-order valence-electron chi connectivity index (χ0n) is 11.3. The van der Waals surface area contributed by atoms with Crippen LogP contribution in [-0.4, -0.2) is 23.8 Å². The van der Waals surface area contributed by atoms with E-state index in [1.165, 1.54) is 7.05 Å². The van der Waals surface area contributed by atoms with Gasteiger partial charge >= 0.3 is 0 Å². The Hall–Kier alpha value is -2.39. The van der Waals surface area contributed by atoms with Crippen LogP contribution in [0.4, 0.5) is 0 Å².